The fourth-order valence-corrected chi connectivity index (χ4v) is 4.34. The van der Waals surface area contributed by atoms with Gasteiger partial charge in [0.05, 0.1) is 5.56 Å². The Morgan fingerprint density at radius 2 is 1.62 bits per heavy atom. The summed E-state index contributed by atoms with van der Waals surface area (Å²) in [6.45, 7) is 0. The third-order valence-electron chi connectivity index (χ3n) is 4.48. The van der Waals surface area contributed by atoms with Gasteiger partial charge in [-0.1, -0.05) is 0 Å². The molecule has 1 aliphatic rings. The van der Waals surface area contributed by atoms with Crippen LogP contribution >= 0.6 is 33.9 Å². The Bertz CT molecular complexity index is 1120. The predicted octanol–water partition coefficient (Wildman–Crippen LogP) is 4.60. The number of hydrogen-bond donors (Lipinski definition) is 4. The van der Waals surface area contributed by atoms with Crippen LogP contribution in [0.2, 0.25) is 0 Å². The number of thiophene rings is 1. The van der Waals surface area contributed by atoms with E-state index < -0.39 is 11.9 Å². The molecule has 0 saturated heterocycles. The molecule has 1 fully saturated rings. The molecule has 0 spiro atoms. The molecule has 0 radical (unpaired) electrons. The zero-order chi connectivity index (χ0) is 20.5. The van der Waals surface area contributed by atoms with Crippen LogP contribution < -0.4 is 21.7 Å². The lowest BCUT2D eigenvalue weighted by molar-refractivity contribution is -0.117. The SMILES string of the molecule is NC(=O)c1c(NC(=O)C2CC2)sc2ccc(NC(=O)Nc3ccc(I)cc3)cc12. The molecular formula is C20H17IN4O3S. The fraction of sp³-hybridized carbons (Fsp3) is 0.150. The van der Waals surface area contributed by atoms with Crippen molar-refractivity contribution in [2.45, 2.75) is 12.8 Å². The third kappa shape index (κ3) is 4.51. The van der Waals surface area contributed by atoms with E-state index >= 15 is 0 Å². The van der Waals surface area contributed by atoms with E-state index in [4.69, 9.17) is 5.73 Å². The molecule has 0 unspecified atom stereocenters. The van der Waals surface area contributed by atoms with Crippen LogP contribution in [0, 0.1) is 9.49 Å². The normalized spacial score (nSPS) is 13.1. The van der Waals surface area contributed by atoms with Gasteiger partial charge in [-0.25, -0.2) is 4.79 Å². The van der Waals surface area contributed by atoms with E-state index in [-0.39, 0.29) is 17.4 Å². The molecule has 0 atom stereocenters. The van der Waals surface area contributed by atoms with Gasteiger partial charge in [0.25, 0.3) is 5.91 Å². The van der Waals surface area contributed by atoms with Crippen molar-refractivity contribution in [1.29, 1.82) is 0 Å². The van der Waals surface area contributed by atoms with Gasteiger partial charge in [0.2, 0.25) is 5.91 Å². The average Bonchev–Trinajstić information content (AvgIpc) is 3.45. The Kier molecular flexibility index (Phi) is 5.41. The number of hydrogen-bond acceptors (Lipinski definition) is 4. The highest BCUT2D eigenvalue weighted by molar-refractivity contribution is 14.1. The molecule has 2 aromatic carbocycles. The number of benzene rings is 2. The summed E-state index contributed by atoms with van der Waals surface area (Å²) in [6, 6.07) is 12.2. The minimum Gasteiger partial charge on any atom is -0.365 e. The van der Waals surface area contributed by atoms with Gasteiger partial charge in [0, 0.05) is 30.9 Å². The first-order valence-electron chi connectivity index (χ1n) is 8.91. The molecule has 148 valence electrons. The van der Waals surface area contributed by atoms with E-state index in [2.05, 4.69) is 38.5 Å². The highest BCUT2D eigenvalue weighted by Crippen LogP contribution is 2.38. The second-order valence-electron chi connectivity index (χ2n) is 6.73. The Hall–Kier alpha value is -2.66. The second-order valence-corrected chi connectivity index (χ2v) is 9.03. The fourth-order valence-electron chi connectivity index (χ4n) is 2.89. The number of halogens is 1. The summed E-state index contributed by atoms with van der Waals surface area (Å²) in [5.74, 6) is -0.694. The molecule has 1 aromatic heterocycles. The van der Waals surface area contributed by atoms with Crippen LogP contribution in [0.25, 0.3) is 10.1 Å². The summed E-state index contributed by atoms with van der Waals surface area (Å²) in [7, 11) is 0. The third-order valence-corrected chi connectivity index (χ3v) is 6.28. The number of primary amides is 1. The lowest BCUT2D eigenvalue weighted by atomic mass is 10.1. The Morgan fingerprint density at radius 3 is 2.28 bits per heavy atom. The van der Waals surface area contributed by atoms with Crippen LogP contribution in [0.1, 0.15) is 23.2 Å². The molecule has 1 heterocycles. The first-order valence-corrected chi connectivity index (χ1v) is 10.8. The van der Waals surface area contributed by atoms with Crippen molar-refractivity contribution in [3.63, 3.8) is 0 Å². The first-order chi connectivity index (χ1) is 13.9. The molecule has 0 aliphatic heterocycles. The highest BCUT2D eigenvalue weighted by atomic mass is 127. The largest absolute Gasteiger partial charge is 0.365 e. The van der Waals surface area contributed by atoms with Crippen molar-refractivity contribution >= 4 is 78.2 Å². The van der Waals surface area contributed by atoms with Crippen LogP contribution in [-0.4, -0.2) is 17.8 Å². The number of carbonyl (C=O) groups is 3. The topological polar surface area (TPSA) is 113 Å². The molecule has 29 heavy (non-hydrogen) atoms. The quantitative estimate of drug-likeness (QED) is 0.369. The smallest absolute Gasteiger partial charge is 0.323 e. The van der Waals surface area contributed by atoms with Gasteiger partial charge in [0.15, 0.2) is 0 Å². The molecule has 4 rings (SSSR count). The van der Waals surface area contributed by atoms with Gasteiger partial charge in [-0.15, -0.1) is 11.3 Å². The number of carbonyl (C=O) groups excluding carboxylic acids is 3. The summed E-state index contributed by atoms with van der Waals surface area (Å²) in [5.41, 5.74) is 7.02. The van der Waals surface area contributed by atoms with Crippen molar-refractivity contribution in [3.05, 3.63) is 51.6 Å². The lowest BCUT2D eigenvalue weighted by Crippen LogP contribution is -2.19. The standard InChI is InChI=1S/C20H17IN4O3S/c21-11-3-5-12(6-4-11)23-20(28)24-13-7-8-15-14(9-13)16(17(22)26)19(29-15)25-18(27)10-1-2-10/h3-10H,1-2H2,(H2,22,26)(H,25,27)(H2,23,24,28). The monoisotopic (exact) mass is 520 g/mol. The zero-order valence-corrected chi connectivity index (χ0v) is 18.1. The Morgan fingerprint density at radius 1 is 0.966 bits per heavy atom. The average molecular weight is 520 g/mol. The van der Waals surface area contributed by atoms with Crippen LogP contribution in [0.5, 0.6) is 0 Å². The summed E-state index contributed by atoms with van der Waals surface area (Å²) in [6.07, 6.45) is 1.73. The Labute approximate surface area is 184 Å². The van der Waals surface area contributed by atoms with E-state index in [1.165, 1.54) is 11.3 Å². The molecule has 3 aromatic rings. The maximum atomic E-state index is 12.3. The number of nitrogens with two attached hydrogens (primary N) is 1. The number of anilines is 3. The molecule has 0 bridgehead atoms. The number of amides is 4. The molecule has 1 saturated carbocycles. The van der Waals surface area contributed by atoms with Gasteiger partial charge < -0.3 is 21.7 Å². The van der Waals surface area contributed by atoms with E-state index in [0.717, 1.165) is 21.1 Å². The first kappa shape index (κ1) is 19.6. The zero-order valence-electron chi connectivity index (χ0n) is 15.1. The van der Waals surface area contributed by atoms with Gasteiger partial charge in [-0.3, -0.25) is 9.59 Å². The summed E-state index contributed by atoms with van der Waals surface area (Å²) < 4.78 is 1.87. The van der Waals surface area contributed by atoms with Crippen LogP contribution in [0.4, 0.5) is 21.2 Å². The van der Waals surface area contributed by atoms with Crippen molar-refractivity contribution in [3.8, 4) is 0 Å². The van der Waals surface area contributed by atoms with Crippen molar-refractivity contribution in [1.82, 2.24) is 0 Å². The predicted molar refractivity (Wildman–Crippen MR) is 123 cm³/mol. The molecule has 5 N–H and O–H groups in total. The van der Waals surface area contributed by atoms with Crippen LogP contribution in [0.15, 0.2) is 42.5 Å². The maximum Gasteiger partial charge on any atom is 0.323 e. The second kappa shape index (κ2) is 7.99. The van der Waals surface area contributed by atoms with Crippen molar-refractivity contribution in [2.24, 2.45) is 11.7 Å². The van der Waals surface area contributed by atoms with E-state index in [0.29, 0.717) is 21.8 Å². The lowest BCUT2D eigenvalue weighted by Gasteiger charge is -2.08. The summed E-state index contributed by atoms with van der Waals surface area (Å²) in [4.78, 5) is 36.4. The van der Waals surface area contributed by atoms with Crippen LogP contribution in [0.3, 0.4) is 0 Å². The van der Waals surface area contributed by atoms with E-state index in [9.17, 15) is 14.4 Å². The number of urea groups is 1. The van der Waals surface area contributed by atoms with Gasteiger partial charge in [0.1, 0.15) is 5.00 Å². The summed E-state index contributed by atoms with van der Waals surface area (Å²) >= 11 is 3.49. The molecule has 7 nitrogen and oxygen atoms in total. The van der Waals surface area contributed by atoms with Gasteiger partial charge in [-0.05, 0) is 77.9 Å². The summed E-state index contributed by atoms with van der Waals surface area (Å²) in [5, 5.41) is 9.38. The van der Waals surface area contributed by atoms with E-state index in [1.54, 1.807) is 18.2 Å². The van der Waals surface area contributed by atoms with Gasteiger partial charge in [-0.2, -0.15) is 0 Å². The maximum absolute atomic E-state index is 12.3. The molecule has 4 amide bonds. The van der Waals surface area contributed by atoms with E-state index in [1.807, 2.05) is 24.3 Å². The number of rotatable bonds is 5. The number of fused-ring (bicyclic) bond motifs is 1. The molecule has 1 aliphatic carbocycles. The minimum atomic E-state index is -0.622. The van der Waals surface area contributed by atoms with Crippen molar-refractivity contribution in [2.75, 3.05) is 16.0 Å². The Balaban J connectivity index is 1.56. The highest BCUT2D eigenvalue weighted by Gasteiger charge is 2.31. The number of nitrogens with one attached hydrogen (secondary N) is 3. The van der Waals surface area contributed by atoms with Crippen LogP contribution in [-0.2, 0) is 4.79 Å². The van der Waals surface area contributed by atoms with Gasteiger partial charge >= 0.3 is 6.03 Å². The minimum absolute atomic E-state index is 0.0168. The molecule has 9 heteroatoms. The van der Waals surface area contributed by atoms with Crippen molar-refractivity contribution < 1.29 is 14.4 Å². The molecular weight excluding hydrogens is 503 g/mol.